The first kappa shape index (κ1) is 25.3. The standard InChI is InChI=1S/C25H19Br4N3O2/c1-14(2)24-31-22-8-7-18(27)11-19(22)25(33)32(24)30-12-16-9-20(28)23(21(29)10-16)34-13-15-3-5-17(26)6-4-15/h3-12,14H,13H2,1-2H3. The molecule has 1 heterocycles. The molecule has 3 aromatic carbocycles. The van der Waals surface area contributed by atoms with Crippen molar-refractivity contribution < 1.29 is 4.74 Å². The van der Waals surface area contributed by atoms with Crippen LogP contribution in [0.5, 0.6) is 5.75 Å². The number of benzene rings is 3. The maximum Gasteiger partial charge on any atom is 0.282 e. The lowest BCUT2D eigenvalue weighted by atomic mass is 10.2. The van der Waals surface area contributed by atoms with Crippen molar-refractivity contribution >= 4 is 80.8 Å². The van der Waals surface area contributed by atoms with Crippen molar-refractivity contribution in [3.05, 3.63) is 99.8 Å². The molecule has 0 spiro atoms. The van der Waals surface area contributed by atoms with E-state index in [1.807, 2.05) is 62.4 Å². The van der Waals surface area contributed by atoms with E-state index in [1.165, 1.54) is 4.68 Å². The van der Waals surface area contributed by atoms with E-state index >= 15 is 0 Å². The van der Waals surface area contributed by atoms with Crippen LogP contribution in [0.1, 0.15) is 36.7 Å². The van der Waals surface area contributed by atoms with Crippen molar-refractivity contribution in [1.82, 2.24) is 9.66 Å². The first-order valence-corrected chi connectivity index (χ1v) is 13.5. The topological polar surface area (TPSA) is 56.5 Å². The molecular weight excluding hydrogens is 694 g/mol. The van der Waals surface area contributed by atoms with Gasteiger partial charge in [0.05, 0.1) is 26.1 Å². The van der Waals surface area contributed by atoms with Crippen LogP contribution in [-0.2, 0) is 6.61 Å². The first-order chi connectivity index (χ1) is 16.2. The Morgan fingerprint density at radius 3 is 2.26 bits per heavy atom. The highest BCUT2D eigenvalue weighted by Crippen LogP contribution is 2.35. The Kier molecular flexibility index (Phi) is 8.07. The molecule has 4 aromatic rings. The van der Waals surface area contributed by atoms with Crippen LogP contribution in [0, 0.1) is 0 Å². The summed E-state index contributed by atoms with van der Waals surface area (Å²) in [6, 6.07) is 17.3. The monoisotopic (exact) mass is 709 g/mol. The summed E-state index contributed by atoms with van der Waals surface area (Å²) in [6.07, 6.45) is 1.65. The normalized spacial score (nSPS) is 11.6. The van der Waals surface area contributed by atoms with Gasteiger partial charge in [0.1, 0.15) is 18.2 Å². The van der Waals surface area contributed by atoms with Gasteiger partial charge in [-0.25, -0.2) is 4.98 Å². The van der Waals surface area contributed by atoms with Crippen molar-refractivity contribution in [2.24, 2.45) is 5.10 Å². The third-order valence-corrected chi connectivity index (χ3v) is 7.19. The Labute approximate surface area is 230 Å². The highest BCUT2D eigenvalue weighted by atomic mass is 79.9. The Hall–Kier alpha value is -1.81. The highest BCUT2D eigenvalue weighted by molar-refractivity contribution is 9.11. The van der Waals surface area contributed by atoms with E-state index in [2.05, 4.69) is 73.8 Å². The summed E-state index contributed by atoms with van der Waals surface area (Å²) in [5, 5.41) is 5.01. The largest absolute Gasteiger partial charge is 0.487 e. The van der Waals surface area contributed by atoms with Crippen LogP contribution in [0.3, 0.4) is 0 Å². The van der Waals surface area contributed by atoms with Gasteiger partial charge in [-0.2, -0.15) is 9.78 Å². The fourth-order valence-corrected chi connectivity index (χ4v) is 5.38. The average Bonchev–Trinajstić information content (AvgIpc) is 2.79. The summed E-state index contributed by atoms with van der Waals surface area (Å²) in [5.41, 5.74) is 2.30. The van der Waals surface area contributed by atoms with Gasteiger partial charge in [0.25, 0.3) is 5.56 Å². The van der Waals surface area contributed by atoms with Gasteiger partial charge in [0, 0.05) is 14.9 Å². The molecule has 0 saturated carbocycles. The molecule has 0 atom stereocenters. The second kappa shape index (κ2) is 10.8. The van der Waals surface area contributed by atoms with Gasteiger partial charge in [0.2, 0.25) is 0 Å². The Morgan fingerprint density at radius 2 is 1.62 bits per heavy atom. The van der Waals surface area contributed by atoms with Crippen LogP contribution in [0.2, 0.25) is 0 Å². The summed E-state index contributed by atoms with van der Waals surface area (Å²) in [5.74, 6) is 1.31. The van der Waals surface area contributed by atoms with Gasteiger partial charge >= 0.3 is 0 Å². The van der Waals surface area contributed by atoms with Crippen molar-refractivity contribution in [1.29, 1.82) is 0 Å². The lowest BCUT2D eigenvalue weighted by molar-refractivity contribution is 0.302. The zero-order valence-corrected chi connectivity index (χ0v) is 24.6. The minimum Gasteiger partial charge on any atom is -0.487 e. The molecule has 0 N–H and O–H groups in total. The predicted molar refractivity (Wildman–Crippen MR) is 151 cm³/mol. The summed E-state index contributed by atoms with van der Waals surface area (Å²) in [4.78, 5) is 17.9. The molecule has 9 heteroatoms. The lowest BCUT2D eigenvalue weighted by Gasteiger charge is -2.13. The molecule has 0 aliphatic rings. The van der Waals surface area contributed by atoms with E-state index in [4.69, 9.17) is 4.74 Å². The van der Waals surface area contributed by atoms with Crippen LogP contribution in [-0.4, -0.2) is 15.9 Å². The number of rotatable bonds is 6. The minimum absolute atomic E-state index is 0.0192. The number of fused-ring (bicyclic) bond motifs is 1. The molecule has 174 valence electrons. The molecule has 0 saturated heterocycles. The maximum absolute atomic E-state index is 13.2. The molecule has 0 unspecified atom stereocenters. The quantitative estimate of drug-likeness (QED) is 0.190. The Balaban J connectivity index is 1.65. The minimum atomic E-state index is -0.209. The van der Waals surface area contributed by atoms with Gasteiger partial charge in [-0.05, 0) is 85.5 Å². The van der Waals surface area contributed by atoms with E-state index in [0.717, 1.165) is 29.0 Å². The number of nitrogens with zero attached hydrogens (tertiary/aromatic N) is 3. The lowest BCUT2D eigenvalue weighted by Crippen LogP contribution is -2.23. The zero-order valence-electron chi connectivity index (χ0n) is 18.2. The molecule has 0 fully saturated rings. The summed E-state index contributed by atoms with van der Waals surface area (Å²) in [7, 11) is 0. The van der Waals surface area contributed by atoms with E-state index in [-0.39, 0.29) is 11.5 Å². The second-order valence-corrected chi connectivity index (χ2v) is 11.4. The second-order valence-electron chi connectivity index (χ2n) is 7.88. The van der Waals surface area contributed by atoms with E-state index < -0.39 is 0 Å². The van der Waals surface area contributed by atoms with Crippen molar-refractivity contribution in [3.63, 3.8) is 0 Å². The number of ether oxygens (including phenoxy) is 1. The summed E-state index contributed by atoms with van der Waals surface area (Å²) >= 11 is 14.1. The molecule has 0 amide bonds. The molecule has 0 aliphatic heterocycles. The van der Waals surface area contributed by atoms with Gasteiger partial charge in [0.15, 0.2) is 0 Å². The number of hydrogen-bond acceptors (Lipinski definition) is 4. The first-order valence-electron chi connectivity index (χ1n) is 10.4. The average molecular weight is 713 g/mol. The van der Waals surface area contributed by atoms with Crippen molar-refractivity contribution in [2.75, 3.05) is 0 Å². The predicted octanol–water partition coefficient (Wildman–Crippen LogP) is 8.03. The molecular formula is C25H19Br4N3O2. The number of aromatic nitrogens is 2. The third-order valence-electron chi connectivity index (χ3n) is 4.99. The van der Waals surface area contributed by atoms with E-state index in [9.17, 15) is 4.79 Å². The van der Waals surface area contributed by atoms with Crippen LogP contribution < -0.4 is 10.3 Å². The van der Waals surface area contributed by atoms with Gasteiger partial charge < -0.3 is 4.74 Å². The molecule has 1 aromatic heterocycles. The molecule has 5 nitrogen and oxygen atoms in total. The summed E-state index contributed by atoms with van der Waals surface area (Å²) in [6.45, 7) is 4.41. The fraction of sp³-hybridized carbons (Fsp3) is 0.160. The third kappa shape index (κ3) is 5.70. The van der Waals surface area contributed by atoms with Crippen molar-refractivity contribution in [3.8, 4) is 5.75 Å². The Morgan fingerprint density at radius 1 is 0.971 bits per heavy atom. The van der Waals surface area contributed by atoms with Gasteiger partial charge in [-0.3, -0.25) is 4.79 Å². The smallest absolute Gasteiger partial charge is 0.282 e. The Bertz CT molecular complexity index is 1420. The van der Waals surface area contributed by atoms with E-state index in [1.54, 1.807) is 12.3 Å². The summed E-state index contributed by atoms with van der Waals surface area (Å²) < 4.78 is 10.8. The molecule has 4 rings (SSSR count). The maximum atomic E-state index is 13.2. The van der Waals surface area contributed by atoms with Crippen molar-refractivity contribution in [2.45, 2.75) is 26.4 Å². The fourth-order valence-electron chi connectivity index (χ4n) is 3.30. The van der Waals surface area contributed by atoms with Gasteiger partial charge in [-0.1, -0.05) is 57.8 Å². The number of hydrogen-bond donors (Lipinski definition) is 0. The molecule has 0 aliphatic carbocycles. The van der Waals surface area contributed by atoms with Crippen LogP contribution in [0.25, 0.3) is 10.9 Å². The highest BCUT2D eigenvalue weighted by Gasteiger charge is 2.14. The van der Waals surface area contributed by atoms with E-state index in [0.29, 0.717) is 29.1 Å². The molecule has 34 heavy (non-hydrogen) atoms. The molecule has 0 bridgehead atoms. The number of halogens is 4. The SMILES string of the molecule is CC(C)c1nc2ccc(Br)cc2c(=O)n1N=Cc1cc(Br)c(OCc2ccc(Br)cc2)c(Br)c1. The molecule has 0 radical (unpaired) electrons. The van der Waals surface area contributed by atoms with Crippen LogP contribution in [0.4, 0.5) is 0 Å². The van der Waals surface area contributed by atoms with Crippen LogP contribution in [0.15, 0.2) is 82.4 Å². The van der Waals surface area contributed by atoms with Crippen LogP contribution >= 0.6 is 63.7 Å². The zero-order chi connectivity index (χ0) is 24.4. The van der Waals surface area contributed by atoms with Gasteiger partial charge in [-0.15, -0.1) is 0 Å².